The van der Waals surface area contributed by atoms with Crippen LogP contribution in [0.5, 0.6) is 0 Å². The third kappa shape index (κ3) is 3.77. The van der Waals surface area contributed by atoms with Gasteiger partial charge in [0.25, 0.3) is 0 Å². The van der Waals surface area contributed by atoms with Crippen LogP contribution < -0.4 is 0 Å². The molecule has 7 heteroatoms. The van der Waals surface area contributed by atoms with E-state index >= 15 is 0 Å². The van der Waals surface area contributed by atoms with Crippen molar-refractivity contribution in [1.82, 2.24) is 14.8 Å². The SMILES string of the molecule is COC(=O)c1coc(CN2CCC[C@@]3(CCC(=O)N(CC4CC4)C3)C2)n1. The van der Waals surface area contributed by atoms with Gasteiger partial charge in [-0.2, -0.15) is 0 Å². The van der Waals surface area contributed by atoms with Gasteiger partial charge in [0.1, 0.15) is 6.26 Å². The number of aromatic nitrogens is 1. The van der Waals surface area contributed by atoms with Gasteiger partial charge in [0.15, 0.2) is 5.69 Å². The molecule has 4 rings (SSSR count). The fourth-order valence-electron chi connectivity index (χ4n) is 4.43. The van der Waals surface area contributed by atoms with Gasteiger partial charge in [0.2, 0.25) is 11.8 Å². The molecule has 3 heterocycles. The highest BCUT2D eigenvalue weighted by Gasteiger charge is 2.43. The Balaban J connectivity index is 1.39. The van der Waals surface area contributed by atoms with Crippen LogP contribution in [-0.4, -0.2) is 59.9 Å². The van der Waals surface area contributed by atoms with Gasteiger partial charge in [-0.1, -0.05) is 0 Å². The Morgan fingerprint density at radius 2 is 2.23 bits per heavy atom. The van der Waals surface area contributed by atoms with Crippen molar-refractivity contribution >= 4 is 11.9 Å². The largest absolute Gasteiger partial charge is 0.464 e. The van der Waals surface area contributed by atoms with Crippen LogP contribution in [0, 0.1) is 11.3 Å². The van der Waals surface area contributed by atoms with E-state index in [1.54, 1.807) is 0 Å². The summed E-state index contributed by atoms with van der Waals surface area (Å²) in [6.07, 6.45) is 7.85. The highest BCUT2D eigenvalue weighted by molar-refractivity contribution is 5.86. The van der Waals surface area contributed by atoms with Crippen molar-refractivity contribution in [3.63, 3.8) is 0 Å². The Hall–Kier alpha value is -1.89. The van der Waals surface area contributed by atoms with E-state index in [0.717, 1.165) is 44.9 Å². The maximum absolute atomic E-state index is 12.3. The van der Waals surface area contributed by atoms with Crippen molar-refractivity contribution in [3.05, 3.63) is 17.8 Å². The van der Waals surface area contributed by atoms with Crippen molar-refractivity contribution in [2.45, 2.75) is 45.1 Å². The molecule has 0 radical (unpaired) electrons. The number of likely N-dealkylation sites (tertiary alicyclic amines) is 2. The van der Waals surface area contributed by atoms with E-state index in [1.165, 1.54) is 32.6 Å². The van der Waals surface area contributed by atoms with Crippen molar-refractivity contribution in [1.29, 1.82) is 0 Å². The minimum Gasteiger partial charge on any atom is -0.464 e. The fourth-order valence-corrected chi connectivity index (χ4v) is 4.43. The number of piperidine rings is 2. The average Bonchev–Trinajstić information content (AvgIpc) is 3.33. The minimum atomic E-state index is -0.475. The lowest BCUT2D eigenvalue weighted by atomic mass is 9.73. The van der Waals surface area contributed by atoms with Crippen LogP contribution in [-0.2, 0) is 16.1 Å². The molecule has 1 aromatic heterocycles. The molecule has 1 atom stereocenters. The zero-order valence-corrected chi connectivity index (χ0v) is 15.4. The van der Waals surface area contributed by atoms with Crippen LogP contribution in [0.15, 0.2) is 10.7 Å². The first-order chi connectivity index (χ1) is 12.6. The third-order valence-electron chi connectivity index (χ3n) is 5.97. The van der Waals surface area contributed by atoms with Gasteiger partial charge in [-0.25, -0.2) is 9.78 Å². The molecule has 3 fully saturated rings. The number of esters is 1. The molecular weight excluding hydrogens is 334 g/mol. The quantitative estimate of drug-likeness (QED) is 0.748. The van der Waals surface area contributed by atoms with Gasteiger partial charge in [-0.05, 0) is 44.6 Å². The first kappa shape index (κ1) is 17.5. The summed E-state index contributed by atoms with van der Waals surface area (Å²) in [5.74, 6) is 1.13. The molecule has 2 aliphatic heterocycles. The van der Waals surface area contributed by atoms with Gasteiger partial charge in [0, 0.05) is 31.5 Å². The topological polar surface area (TPSA) is 75.9 Å². The summed E-state index contributed by atoms with van der Waals surface area (Å²) in [6, 6.07) is 0. The molecule has 1 spiro atoms. The van der Waals surface area contributed by atoms with Crippen molar-refractivity contribution in [2.24, 2.45) is 11.3 Å². The van der Waals surface area contributed by atoms with Gasteiger partial charge < -0.3 is 14.1 Å². The van der Waals surface area contributed by atoms with Crippen LogP contribution in [0.1, 0.15) is 54.9 Å². The number of methoxy groups -OCH3 is 1. The van der Waals surface area contributed by atoms with Crippen molar-refractivity contribution in [2.75, 3.05) is 33.3 Å². The van der Waals surface area contributed by atoms with Gasteiger partial charge in [0.05, 0.1) is 13.7 Å². The van der Waals surface area contributed by atoms with Crippen LogP contribution in [0.4, 0.5) is 0 Å². The lowest BCUT2D eigenvalue weighted by Crippen LogP contribution is -2.54. The van der Waals surface area contributed by atoms with Crippen LogP contribution >= 0.6 is 0 Å². The highest BCUT2D eigenvalue weighted by atomic mass is 16.5. The maximum atomic E-state index is 12.3. The molecule has 2 saturated heterocycles. The van der Waals surface area contributed by atoms with E-state index in [-0.39, 0.29) is 11.1 Å². The second-order valence-electron chi connectivity index (χ2n) is 8.15. The number of carbonyl (C=O) groups is 2. The zero-order valence-electron chi connectivity index (χ0n) is 15.4. The van der Waals surface area contributed by atoms with E-state index < -0.39 is 5.97 Å². The molecule has 7 nitrogen and oxygen atoms in total. The molecule has 0 aromatic carbocycles. The summed E-state index contributed by atoms with van der Waals surface area (Å²) in [5.41, 5.74) is 0.409. The molecule has 1 saturated carbocycles. The van der Waals surface area contributed by atoms with Crippen LogP contribution in [0.2, 0.25) is 0 Å². The normalized spacial score (nSPS) is 27.1. The first-order valence-electron chi connectivity index (χ1n) is 9.60. The van der Waals surface area contributed by atoms with E-state index in [0.29, 0.717) is 24.8 Å². The van der Waals surface area contributed by atoms with Gasteiger partial charge >= 0.3 is 5.97 Å². The number of rotatable bonds is 5. The number of carbonyl (C=O) groups excluding carboxylic acids is 2. The van der Waals surface area contributed by atoms with Crippen LogP contribution in [0.3, 0.4) is 0 Å². The van der Waals surface area contributed by atoms with Crippen molar-refractivity contribution < 1.29 is 18.7 Å². The summed E-state index contributed by atoms with van der Waals surface area (Å²) in [6.45, 7) is 4.38. The summed E-state index contributed by atoms with van der Waals surface area (Å²) >= 11 is 0. The standard InChI is InChI=1S/C19H27N3O4/c1-25-18(24)15-11-26-16(20-15)10-21-8-2-6-19(12-21)7-5-17(23)22(13-19)9-14-3-4-14/h11,14H,2-10,12-13H2,1H3/t19-/m1/s1. The van der Waals surface area contributed by atoms with Crippen LogP contribution in [0.25, 0.3) is 0 Å². The summed E-state index contributed by atoms with van der Waals surface area (Å²) in [7, 11) is 1.34. The Morgan fingerprint density at radius 3 is 3.00 bits per heavy atom. The Morgan fingerprint density at radius 1 is 1.38 bits per heavy atom. The predicted molar refractivity (Wildman–Crippen MR) is 93.3 cm³/mol. The smallest absolute Gasteiger partial charge is 0.360 e. The molecule has 0 bridgehead atoms. The Kier molecular flexibility index (Phi) is 4.73. The Labute approximate surface area is 153 Å². The molecule has 1 amide bonds. The predicted octanol–water partition coefficient (Wildman–Crippen LogP) is 2.08. The molecule has 142 valence electrons. The molecule has 0 unspecified atom stereocenters. The molecule has 3 aliphatic rings. The summed E-state index contributed by atoms with van der Waals surface area (Å²) < 4.78 is 10.1. The maximum Gasteiger partial charge on any atom is 0.360 e. The number of nitrogens with zero attached hydrogens (tertiary/aromatic N) is 3. The summed E-state index contributed by atoms with van der Waals surface area (Å²) in [4.78, 5) is 32.5. The van der Waals surface area contributed by atoms with Gasteiger partial charge in [-0.15, -0.1) is 0 Å². The second kappa shape index (κ2) is 7.02. The number of hydrogen-bond donors (Lipinski definition) is 0. The molecular formula is C19H27N3O4. The zero-order chi connectivity index (χ0) is 18.1. The lowest BCUT2D eigenvalue weighted by Gasteiger charge is -2.48. The number of ether oxygens (including phenoxy) is 1. The van der Waals surface area contributed by atoms with E-state index in [4.69, 9.17) is 4.42 Å². The van der Waals surface area contributed by atoms with E-state index in [1.807, 2.05) is 0 Å². The molecule has 1 aliphatic carbocycles. The fraction of sp³-hybridized carbons (Fsp3) is 0.737. The summed E-state index contributed by atoms with van der Waals surface area (Å²) in [5, 5.41) is 0. The number of hydrogen-bond acceptors (Lipinski definition) is 6. The minimum absolute atomic E-state index is 0.193. The Bertz CT molecular complexity index is 684. The number of amides is 1. The third-order valence-corrected chi connectivity index (χ3v) is 5.97. The highest BCUT2D eigenvalue weighted by Crippen LogP contribution is 2.40. The average molecular weight is 361 g/mol. The monoisotopic (exact) mass is 361 g/mol. The molecule has 0 N–H and O–H groups in total. The molecule has 26 heavy (non-hydrogen) atoms. The lowest BCUT2D eigenvalue weighted by molar-refractivity contribution is -0.139. The van der Waals surface area contributed by atoms with Crippen molar-refractivity contribution in [3.8, 4) is 0 Å². The van der Waals surface area contributed by atoms with Gasteiger partial charge in [-0.3, -0.25) is 9.69 Å². The second-order valence-corrected chi connectivity index (χ2v) is 8.15. The molecule has 1 aromatic rings. The number of oxazole rings is 1. The van der Waals surface area contributed by atoms with E-state index in [2.05, 4.69) is 19.5 Å². The first-order valence-corrected chi connectivity index (χ1v) is 9.60. The van der Waals surface area contributed by atoms with E-state index in [9.17, 15) is 9.59 Å².